The molecular weight excluding hydrogens is 446 g/mol. The van der Waals surface area contributed by atoms with E-state index in [4.69, 9.17) is 0 Å². The molecular formula is C23H33N3O4S2. The molecule has 2 aromatic rings. The van der Waals surface area contributed by atoms with E-state index in [0.29, 0.717) is 6.42 Å². The molecule has 0 unspecified atom stereocenters. The Morgan fingerprint density at radius 1 is 1.12 bits per heavy atom. The number of aryl methyl sites for hydroxylation is 1. The lowest BCUT2D eigenvalue weighted by Crippen LogP contribution is -2.55. The van der Waals surface area contributed by atoms with Gasteiger partial charge in [0.25, 0.3) is 0 Å². The topological polar surface area (TPSA) is 95.6 Å². The second-order valence-electron chi connectivity index (χ2n) is 8.39. The van der Waals surface area contributed by atoms with Gasteiger partial charge in [-0.1, -0.05) is 37.6 Å². The Morgan fingerprint density at radius 2 is 1.78 bits per heavy atom. The minimum Gasteiger partial charge on any atom is -0.349 e. The molecule has 0 bridgehead atoms. The van der Waals surface area contributed by atoms with E-state index in [-0.39, 0.29) is 17.3 Å². The first-order valence-electron chi connectivity index (χ1n) is 10.7. The first-order chi connectivity index (χ1) is 15.0. The number of thiophene rings is 1. The van der Waals surface area contributed by atoms with Crippen molar-refractivity contribution in [2.75, 3.05) is 6.54 Å². The van der Waals surface area contributed by atoms with Crippen LogP contribution >= 0.6 is 11.3 Å². The largest absolute Gasteiger partial charge is 0.349 e. The van der Waals surface area contributed by atoms with Crippen LogP contribution in [0.1, 0.15) is 51.0 Å². The standard InChI is InChI=1S/C23H33N3O4S2/c1-6-20(22(28)25-23(4,5)7-2)26(16-18-9-8-14-31-18)21(27)15-24-32(29,30)19-12-10-17(3)11-13-19/h8-14,20,24H,6-7,15-16H2,1-5H3,(H,25,28)/t20-/m0/s1. The highest BCUT2D eigenvalue weighted by atomic mass is 32.2. The van der Waals surface area contributed by atoms with Gasteiger partial charge in [0, 0.05) is 10.4 Å². The average Bonchev–Trinajstić information content (AvgIpc) is 3.25. The normalized spacial score (nSPS) is 12.9. The lowest BCUT2D eigenvalue weighted by molar-refractivity contribution is -0.141. The summed E-state index contributed by atoms with van der Waals surface area (Å²) in [6, 6.07) is 9.46. The van der Waals surface area contributed by atoms with Gasteiger partial charge in [0.15, 0.2) is 0 Å². The molecule has 0 aliphatic heterocycles. The SMILES string of the molecule is CC[C@@H](C(=O)NC(C)(C)CC)N(Cc1cccs1)C(=O)CNS(=O)(=O)c1ccc(C)cc1. The van der Waals surface area contributed by atoms with Gasteiger partial charge in [0.05, 0.1) is 18.0 Å². The molecule has 32 heavy (non-hydrogen) atoms. The molecule has 0 spiro atoms. The number of amides is 2. The van der Waals surface area contributed by atoms with Crippen LogP contribution in [-0.2, 0) is 26.2 Å². The molecule has 1 heterocycles. The van der Waals surface area contributed by atoms with Gasteiger partial charge < -0.3 is 10.2 Å². The lowest BCUT2D eigenvalue weighted by Gasteiger charge is -2.33. The molecule has 0 saturated heterocycles. The molecule has 9 heteroatoms. The molecule has 0 radical (unpaired) electrons. The molecule has 7 nitrogen and oxygen atoms in total. The number of carbonyl (C=O) groups excluding carboxylic acids is 2. The molecule has 2 rings (SSSR count). The first kappa shape index (κ1) is 26.0. The Morgan fingerprint density at radius 3 is 2.31 bits per heavy atom. The molecule has 0 fully saturated rings. The van der Waals surface area contributed by atoms with Crippen molar-refractivity contribution in [3.63, 3.8) is 0 Å². The zero-order valence-corrected chi connectivity index (χ0v) is 21.0. The number of carbonyl (C=O) groups is 2. The number of hydrogen-bond acceptors (Lipinski definition) is 5. The zero-order valence-electron chi connectivity index (χ0n) is 19.3. The predicted molar refractivity (Wildman–Crippen MR) is 128 cm³/mol. The van der Waals surface area contributed by atoms with Gasteiger partial charge in [0.1, 0.15) is 6.04 Å². The van der Waals surface area contributed by atoms with E-state index in [2.05, 4.69) is 10.0 Å². The van der Waals surface area contributed by atoms with Crippen molar-refractivity contribution >= 4 is 33.2 Å². The van der Waals surface area contributed by atoms with Gasteiger partial charge in [0.2, 0.25) is 21.8 Å². The highest BCUT2D eigenvalue weighted by molar-refractivity contribution is 7.89. The molecule has 2 N–H and O–H groups in total. The van der Waals surface area contributed by atoms with Crippen LogP contribution in [0, 0.1) is 6.92 Å². The van der Waals surface area contributed by atoms with Crippen molar-refractivity contribution in [3.05, 3.63) is 52.2 Å². The van der Waals surface area contributed by atoms with Crippen molar-refractivity contribution in [3.8, 4) is 0 Å². The zero-order chi connectivity index (χ0) is 23.9. The fraction of sp³-hybridized carbons (Fsp3) is 0.478. The third-order valence-electron chi connectivity index (χ3n) is 5.38. The molecule has 2 amide bonds. The van der Waals surface area contributed by atoms with Gasteiger partial charge in [-0.3, -0.25) is 9.59 Å². The molecule has 1 atom stereocenters. The fourth-order valence-electron chi connectivity index (χ4n) is 3.05. The van der Waals surface area contributed by atoms with Gasteiger partial charge >= 0.3 is 0 Å². The minimum absolute atomic E-state index is 0.0928. The van der Waals surface area contributed by atoms with Gasteiger partial charge in [-0.05, 0) is 57.2 Å². The van der Waals surface area contributed by atoms with Gasteiger partial charge in [-0.15, -0.1) is 11.3 Å². The molecule has 1 aromatic heterocycles. The van der Waals surface area contributed by atoms with Gasteiger partial charge in [-0.25, -0.2) is 13.1 Å². The Balaban J connectivity index is 2.21. The molecule has 176 valence electrons. The van der Waals surface area contributed by atoms with Crippen LogP contribution in [0.2, 0.25) is 0 Å². The van der Waals surface area contributed by atoms with E-state index in [1.54, 1.807) is 12.1 Å². The van der Waals surface area contributed by atoms with E-state index >= 15 is 0 Å². The Bertz CT molecular complexity index is 1000. The number of benzene rings is 1. The van der Waals surface area contributed by atoms with Crippen molar-refractivity contribution < 1.29 is 18.0 Å². The Hall–Kier alpha value is -2.23. The summed E-state index contributed by atoms with van der Waals surface area (Å²) in [6.45, 7) is 9.36. The monoisotopic (exact) mass is 479 g/mol. The van der Waals surface area contributed by atoms with Crippen molar-refractivity contribution in [1.82, 2.24) is 14.9 Å². The maximum absolute atomic E-state index is 13.2. The Labute approximate surface area is 195 Å². The second kappa shape index (κ2) is 11.1. The summed E-state index contributed by atoms with van der Waals surface area (Å²) in [7, 11) is -3.85. The summed E-state index contributed by atoms with van der Waals surface area (Å²) in [5, 5.41) is 4.91. The summed E-state index contributed by atoms with van der Waals surface area (Å²) in [6.07, 6.45) is 1.15. The van der Waals surface area contributed by atoms with Crippen LogP contribution in [0.3, 0.4) is 0 Å². The Kier molecular flexibility index (Phi) is 9.00. The third-order valence-corrected chi connectivity index (χ3v) is 7.66. The highest BCUT2D eigenvalue weighted by Gasteiger charge is 2.32. The number of hydrogen-bond donors (Lipinski definition) is 2. The average molecular weight is 480 g/mol. The third kappa shape index (κ3) is 7.15. The van der Waals surface area contributed by atoms with Crippen LogP contribution < -0.4 is 10.0 Å². The molecule has 0 aliphatic carbocycles. The van der Waals surface area contributed by atoms with Crippen LogP contribution in [-0.4, -0.2) is 43.3 Å². The highest BCUT2D eigenvalue weighted by Crippen LogP contribution is 2.18. The van der Waals surface area contributed by atoms with Crippen LogP contribution in [0.4, 0.5) is 0 Å². The van der Waals surface area contributed by atoms with Crippen LogP contribution in [0.5, 0.6) is 0 Å². The summed E-state index contributed by atoms with van der Waals surface area (Å²) in [5.74, 6) is -0.698. The maximum atomic E-state index is 13.2. The quantitative estimate of drug-likeness (QED) is 0.516. The van der Waals surface area contributed by atoms with Crippen molar-refractivity contribution in [2.24, 2.45) is 0 Å². The van der Waals surface area contributed by atoms with E-state index < -0.39 is 34.1 Å². The fourth-order valence-corrected chi connectivity index (χ4v) is 4.73. The first-order valence-corrected chi connectivity index (χ1v) is 13.1. The number of rotatable bonds is 11. The summed E-state index contributed by atoms with van der Waals surface area (Å²) in [5.41, 5.74) is 0.531. The second-order valence-corrected chi connectivity index (χ2v) is 11.2. The van der Waals surface area contributed by atoms with Crippen LogP contribution in [0.15, 0.2) is 46.7 Å². The smallest absolute Gasteiger partial charge is 0.243 e. The minimum atomic E-state index is -3.85. The summed E-state index contributed by atoms with van der Waals surface area (Å²) in [4.78, 5) is 28.7. The number of nitrogens with zero attached hydrogens (tertiary/aromatic N) is 1. The van der Waals surface area contributed by atoms with Crippen molar-refractivity contribution in [1.29, 1.82) is 0 Å². The summed E-state index contributed by atoms with van der Waals surface area (Å²) >= 11 is 1.48. The van der Waals surface area contributed by atoms with Gasteiger partial charge in [-0.2, -0.15) is 0 Å². The van der Waals surface area contributed by atoms with E-state index in [0.717, 1.165) is 16.9 Å². The van der Waals surface area contributed by atoms with E-state index in [1.807, 2.05) is 52.1 Å². The summed E-state index contributed by atoms with van der Waals surface area (Å²) < 4.78 is 27.6. The molecule has 1 aromatic carbocycles. The van der Waals surface area contributed by atoms with E-state index in [9.17, 15) is 18.0 Å². The van der Waals surface area contributed by atoms with Crippen molar-refractivity contribution in [2.45, 2.75) is 70.5 Å². The van der Waals surface area contributed by atoms with E-state index in [1.165, 1.54) is 28.4 Å². The molecule has 0 saturated carbocycles. The lowest BCUT2D eigenvalue weighted by atomic mass is 10.0. The number of nitrogens with one attached hydrogen (secondary N) is 2. The maximum Gasteiger partial charge on any atom is 0.243 e. The number of sulfonamides is 1. The van der Waals surface area contributed by atoms with Crippen LogP contribution in [0.25, 0.3) is 0 Å². The predicted octanol–water partition coefficient (Wildman–Crippen LogP) is 3.45. The molecule has 0 aliphatic rings.